The molecule has 1 aromatic carbocycles. The molecule has 0 aliphatic heterocycles. The van der Waals surface area contributed by atoms with Crippen LogP contribution < -0.4 is 10.6 Å². The number of benzene rings is 1. The zero-order valence-corrected chi connectivity index (χ0v) is 14.6. The lowest BCUT2D eigenvalue weighted by Gasteiger charge is -2.11. The zero-order valence-electron chi connectivity index (χ0n) is 12.2. The molecular formula is C14H19FIN5. The normalized spacial score (nSPS) is 11.0. The van der Waals surface area contributed by atoms with Gasteiger partial charge in [-0.25, -0.2) is 9.37 Å². The van der Waals surface area contributed by atoms with E-state index >= 15 is 0 Å². The second kappa shape index (κ2) is 7.96. The third-order valence-electron chi connectivity index (χ3n) is 3.02. The van der Waals surface area contributed by atoms with E-state index in [4.69, 9.17) is 0 Å². The van der Waals surface area contributed by atoms with E-state index in [9.17, 15) is 4.39 Å². The Morgan fingerprint density at radius 1 is 1.43 bits per heavy atom. The van der Waals surface area contributed by atoms with Gasteiger partial charge >= 0.3 is 0 Å². The number of nitrogens with zero attached hydrogens (tertiary/aromatic N) is 3. The highest BCUT2D eigenvalue weighted by molar-refractivity contribution is 14.0. The first-order valence-electron chi connectivity index (χ1n) is 6.33. The molecule has 0 saturated carbocycles. The molecule has 0 radical (unpaired) electrons. The van der Waals surface area contributed by atoms with E-state index < -0.39 is 0 Å². The Labute approximate surface area is 140 Å². The van der Waals surface area contributed by atoms with E-state index in [0.29, 0.717) is 18.2 Å². The highest BCUT2D eigenvalue weighted by Crippen LogP contribution is 2.16. The predicted octanol–water partition coefficient (Wildman–Crippen LogP) is 2.23. The third-order valence-corrected chi connectivity index (χ3v) is 3.02. The molecule has 114 valence electrons. The number of aromatic nitrogens is 2. The molecule has 0 atom stereocenters. The number of rotatable bonds is 3. The van der Waals surface area contributed by atoms with E-state index in [-0.39, 0.29) is 29.8 Å². The zero-order chi connectivity index (χ0) is 14.5. The monoisotopic (exact) mass is 403 g/mol. The first-order chi connectivity index (χ1) is 9.65. The van der Waals surface area contributed by atoms with Crippen LogP contribution in [0.3, 0.4) is 0 Å². The lowest BCUT2D eigenvalue weighted by Crippen LogP contribution is -2.34. The van der Waals surface area contributed by atoms with Gasteiger partial charge in [-0.3, -0.25) is 4.99 Å². The molecular weight excluding hydrogens is 384 g/mol. The number of hydrogen-bond donors (Lipinski definition) is 2. The molecule has 2 N–H and O–H groups in total. The minimum Gasteiger partial charge on any atom is -0.359 e. The summed E-state index contributed by atoms with van der Waals surface area (Å²) in [5, 5.41) is 5.99. The Morgan fingerprint density at radius 2 is 2.19 bits per heavy atom. The SMILES string of the molecule is CN=C(NC)NCc1ccc(-n2ccnc2C)c(F)c1.I. The molecule has 1 heterocycles. The van der Waals surface area contributed by atoms with Crippen molar-refractivity contribution in [3.8, 4) is 5.69 Å². The van der Waals surface area contributed by atoms with E-state index in [1.165, 1.54) is 6.07 Å². The van der Waals surface area contributed by atoms with Gasteiger partial charge in [0.1, 0.15) is 11.6 Å². The highest BCUT2D eigenvalue weighted by Gasteiger charge is 2.08. The molecule has 5 nitrogen and oxygen atoms in total. The van der Waals surface area contributed by atoms with E-state index in [0.717, 1.165) is 11.4 Å². The van der Waals surface area contributed by atoms with Crippen molar-refractivity contribution in [1.29, 1.82) is 0 Å². The molecule has 0 amide bonds. The van der Waals surface area contributed by atoms with Crippen molar-refractivity contribution in [3.05, 3.63) is 47.8 Å². The van der Waals surface area contributed by atoms with Crippen LogP contribution in [0.25, 0.3) is 5.69 Å². The van der Waals surface area contributed by atoms with Gasteiger partial charge in [0.15, 0.2) is 5.96 Å². The van der Waals surface area contributed by atoms with Gasteiger partial charge in [0.25, 0.3) is 0 Å². The first kappa shape index (κ1) is 17.4. The summed E-state index contributed by atoms with van der Waals surface area (Å²) >= 11 is 0. The van der Waals surface area contributed by atoms with Crippen molar-refractivity contribution in [3.63, 3.8) is 0 Å². The van der Waals surface area contributed by atoms with Gasteiger partial charge in [0, 0.05) is 33.0 Å². The van der Waals surface area contributed by atoms with Gasteiger partial charge in [-0.1, -0.05) is 6.07 Å². The molecule has 0 fully saturated rings. The van der Waals surface area contributed by atoms with Gasteiger partial charge in [-0.2, -0.15) is 0 Å². The van der Waals surface area contributed by atoms with Crippen LogP contribution in [0.4, 0.5) is 4.39 Å². The highest BCUT2D eigenvalue weighted by atomic mass is 127. The molecule has 1 aromatic heterocycles. The summed E-state index contributed by atoms with van der Waals surface area (Å²) in [6.07, 6.45) is 3.40. The summed E-state index contributed by atoms with van der Waals surface area (Å²) in [5.41, 5.74) is 1.35. The quantitative estimate of drug-likeness (QED) is 0.470. The van der Waals surface area contributed by atoms with Crippen LogP contribution in [0.1, 0.15) is 11.4 Å². The molecule has 2 rings (SSSR count). The maximum atomic E-state index is 14.2. The fourth-order valence-electron chi connectivity index (χ4n) is 1.95. The number of nitrogens with one attached hydrogen (secondary N) is 2. The van der Waals surface area contributed by atoms with Gasteiger partial charge in [-0.05, 0) is 24.6 Å². The minimum atomic E-state index is -0.273. The number of guanidine groups is 1. The topological polar surface area (TPSA) is 54.2 Å². The fraction of sp³-hybridized carbons (Fsp3) is 0.286. The molecule has 0 aliphatic rings. The van der Waals surface area contributed by atoms with Gasteiger partial charge in [0.05, 0.1) is 5.69 Å². The largest absolute Gasteiger partial charge is 0.359 e. The van der Waals surface area contributed by atoms with Crippen molar-refractivity contribution in [2.75, 3.05) is 14.1 Å². The predicted molar refractivity (Wildman–Crippen MR) is 92.9 cm³/mol. The van der Waals surface area contributed by atoms with Gasteiger partial charge in [0.2, 0.25) is 0 Å². The maximum Gasteiger partial charge on any atom is 0.190 e. The Morgan fingerprint density at radius 3 is 2.71 bits per heavy atom. The van der Waals surface area contributed by atoms with Crippen LogP contribution in [-0.4, -0.2) is 29.6 Å². The molecule has 0 bridgehead atoms. The summed E-state index contributed by atoms with van der Waals surface area (Å²) in [6, 6.07) is 5.15. The Balaban J connectivity index is 0.00000220. The van der Waals surface area contributed by atoms with Crippen LogP contribution in [-0.2, 0) is 6.54 Å². The second-order valence-corrected chi connectivity index (χ2v) is 4.31. The first-order valence-corrected chi connectivity index (χ1v) is 6.33. The molecule has 7 heteroatoms. The van der Waals surface area contributed by atoms with E-state index in [2.05, 4.69) is 20.6 Å². The number of aryl methyl sites for hydroxylation is 1. The molecule has 0 saturated heterocycles. The Kier molecular flexibility index (Phi) is 6.60. The summed E-state index contributed by atoms with van der Waals surface area (Å²) in [4.78, 5) is 8.10. The molecule has 0 spiro atoms. The number of imidazole rings is 1. The summed E-state index contributed by atoms with van der Waals surface area (Å²) in [6.45, 7) is 2.35. The minimum absolute atomic E-state index is 0. The molecule has 0 aliphatic carbocycles. The lowest BCUT2D eigenvalue weighted by atomic mass is 10.2. The molecule has 21 heavy (non-hydrogen) atoms. The van der Waals surface area contributed by atoms with Crippen LogP contribution in [0.15, 0.2) is 35.6 Å². The van der Waals surface area contributed by atoms with E-state index in [1.54, 1.807) is 37.1 Å². The van der Waals surface area contributed by atoms with Gasteiger partial charge < -0.3 is 15.2 Å². The number of aliphatic imine (C=N–C) groups is 1. The summed E-state index contributed by atoms with van der Waals surface area (Å²) in [5.74, 6) is 1.15. The van der Waals surface area contributed by atoms with Crippen molar-refractivity contribution < 1.29 is 4.39 Å². The van der Waals surface area contributed by atoms with E-state index in [1.807, 2.05) is 13.0 Å². The maximum absolute atomic E-state index is 14.2. The van der Waals surface area contributed by atoms with Crippen LogP contribution in [0.5, 0.6) is 0 Å². The van der Waals surface area contributed by atoms with Crippen molar-refractivity contribution in [2.24, 2.45) is 4.99 Å². The third kappa shape index (κ3) is 4.16. The van der Waals surface area contributed by atoms with Crippen molar-refractivity contribution >= 4 is 29.9 Å². The standard InChI is InChI=1S/C14H18FN5.HI/c1-10-18-6-7-20(10)13-5-4-11(8-12(13)15)9-19-14(16-2)17-3;/h4-8H,9H2,1-3H3,(H2,16,17,19);1H. The summed E-state index contributed by atoms with van der Waals surface area (Å²) in [7, 11) is 3.46. The van der Waals surface area contributed by atoms with Gasteiger partial charge in [-0.15, -0.1) is 24.0 Å². The van der Waals surface area contributed by atoms with Crippen LogP contribution in [0, 0.1) is 12.7 Å². The smallest absolute Gasteiger partial charge is 0.190 e. The lowest BCUT2D eigenvalue weighted by molar-refractivity contribution is 0.613. The van der Waals surface area contributed by atoms with Crippen molar-refractivity contribution in [1.82, 2.24) is 20.2 Å². The number of hydrogen-bond acceptors (Lipinski definition) is 2. The molecule has 2 aromatic rings. The van der Waals surface area contributed by atoms with Crippen LogP contribution >= 0.6 is 24.0 Å². The Bertz CT molecular complexity index is 624. The average Bonchev–Trinajstić information content (AvgIpc) is 2.86. The van der Waals surface area contributed by atoms with Crippen LogP contribution in [0.2, 0.25) is 0 Å². The molecule has 0 unspecified atom stereocenters. The van der Waals surface area contributed by atoms with Crippen molar-refractivity contribution in [2.45, 2.75) is 13.5 Å². The fourth-order valence-corrected chi connectivity index (χ4v) is 1.95. The average molecular weight is 403 g/mol. The Hall–Kier alpha value is -1.64. The second-order valence-electron chi connectivity index (χ2n) is 4.31. The summed E-state index contributed by atoms with van der Waals surface area (Å²) < 4.78 is 15.9. The number of halogens is 2.